The largest absolute Gasteiger partial charge is 0.381 e. The Bertz CT molecular complexity index is 635. The van der Waals surface area contributed by atoms with Gasteiger partial charge in [-0.05, 0) is 70.4 Å². The van der Waals surface area contributed by atoms with Gasteiger partial charge in [0.25, 0.3) is 0 Å². The van der Waals surface area contributed by atoms with Gasteiger partial charge < -0.3 is 5.32 Å². The normalized spacial score (nSPS) is 14.3. The number of nitrogens with one attached hydrogen (secondary N) is 1. The number of anilines is 1. The third kappa shape index (κ3) is 3.04. The van der Waals surface area contributed by atoms with Crippen molar-refractivity contribution in [3.63, 3.8) is 0 Å². The molecule has 1 aliphatic rings. The molecule has 104 valence electrons. The molecule has 0 radical (unpaired) electrons. The van der Waals surface area contributed by atoms with Crippen LogP contribution in [0.15, 0.2) is 40.9 Å². The monoisotopic (exact) mass is 333 g/mol. The summed E-state index contributed by atoms with van der Waals surface area (Å²) in [6.07, 6.45) is 2.63. The van der Waals surface area contributed by atoms with Crippen LogP contribution in [0.5, 0.6) is 0 Å². The number of hydrogen-bond donors (Lipinski definition) is 1. The second-order valence-corrected chi connectivity index (χ2v) is 6.31. The van der Waals surface area contributed by atoms with Crippen LogP contribution >= 0.6 is 15.9 Å². The summed E-state index contributed by atoms with van der Waals surface area (Å²) in [5.41, 5.74) is 4.57. The van der Waals surface area contributed by atoms with Crippen LogP contribution in [0.25, 0.3) is 0 Å². The minimum Gasteiger partial charge on any atom is -0.381 e. The zero-order chi connectivity index (χ0) is 14.1. The Kier molecular flexibility index (Phi) is 3.79. The fourth-order valence-electron chi connectivity index (χ4n) is 2.41. The maximum absolute atomic E-state index is 13.6. The van der Waals surface area contributed by atoms with Gasteiger partial charge in [0.2, 0.25) is 0 Å². The van der Waals surface area contributed by atoms with Gasteiger partial charge in [0, 0.05) is 12.2 Å². The van der Waals surface area contributed by atoms with Crippen molar-refractivity contribution in [3.05, 3.63) is 63.4 Å². The predicted octanol–water partition coefficient (Wildman–Crippen LogP) is 5.39. The molecule has 0 saturated heterocycles. The fraction of sp³-hybridized carbons (Fsp3) is 0.294. The average Bonchev–Trinajstić information content (AvgIpc) is 3.26. The molecule has 3 rings (SSSR count). The number of hydrogen-bond acceptors (Lipinski definition) is 1. The highest BCUT2D eigenvalue weighted by molar-refractivity contribution is 9.10. The molecule has 3 heteroatoms. The van der Waals surface area contributed by atoms with Gasteiger partial charge in [-0.15, -0.1) is 0 Å². The van der Waals surface area contributed by atoms with Gasteiger partial charge in [-0.25, -0.2) is 4.39 Å². The van der Waals surface area contributed by atoms with Crippen LogP contribution in [-0.4, -0.2) is 0 Å². The number of benzene rings is 2. The van der Waals surface area contributed by atoms with E-state index in [0.717, 1.165) is 23.7 Å². The van der Waals surface area contributed by atoms with Crippen molar-refractivity contribution in [1.29, 1.82) is 0 Å². The summed E-state index contributed by atoms with van der Waals surface area (Å²) in [7, 11) is 0. The molecular weight excluding hydrogens is 317 g/mol. The molecule has 0 spiro atoms. The van der Waals surface area contributed by atoms with Gasteiger partial charge in [-0.1, -0.05) is 24.3 Å². The quantitative estimate of drug-likeness (QED) is 0.791. The molecule has 0 unspecified atom stereocenters. The summed E-state index contributed by atoms with van der Waals surface area (Å²) in [6, 6.07) is 12.0. The Labute approximate surface area is 127 Å². The van der Waals surface area contributed by atoms with Gasteiger partial charge in [0.1, 0.15) is 5.82 Å². The van der Waals surface area contributed by atoms with Crippen LogP contribution in [0, 0.1) is 12.7 Å². The van der Waals surface area contributed by atoms with Crippen LogP contribution in [0.1, 0.15) is 35.4 Å². The van der Waals surface area contributed by atoms with Crippen molar-refractivity contribution < 1.29 is 4.39 Å². The van der Waals surface area contributed by atoms with Gasteiger partial charge in [-0.2, -0.15) is 0 Å². The molecule has 1 N–H and O–H groups in total. The van der Waals surface area contributed by atoms with Crippen LogP contribution in [0.2, 0.25) is 0 Å². The third-order valence-electron chi connectivity index (χ3n) is 3.75. The van der Waals surface area contributed by atoms with E-state index in [-0.39, 0.29) is 5.82 Å². The third-order valence-corrected chi connectivity index (χ3v) is 4.36. The van der Waals surface area contributed by atoms with E-state index in [0.29, 0.717) is 4.47 Å². The Morgan fingerprint density at radius 2 is 2.05 bits per heavy atom. The SMILES string of the molecule is Cc1cc(Br)c(F)cc1NCc1cccc(C2CC2)c1. The van der Waals surface area contributed by atoms with Crippen molar-refractivity contribution in [3.8, 4) is 0 Å². The Morgan fingerprint density at radius 3 is 2.80 bits per heavy atom. The molecule has 0 bridgehead atoms. The van der Waals surface area contributed by atoms with E-state index in [1.54, 1.807) is 12.1 Å². The topological polar surface area (TPSA) is 12.0 Å². The Balaban J connectivity index is 1.73. The number of aryl methyl sites for hydroxylation is 1. The minimum absolute atomic E-state index is 0.232. The lowest BCUT2D eigenvalue weighted by Gasteiger charge is -2.11. The molecule has 1 saturated carbocycles. The lowest BCUT2D eigenvalue weighted by molar-refractivity contribution is 0.621. The molecule has 2 aromatic rings. The second kappa shape index (κ2) is 5.57. The zero-order valence-corrected chi connectivity index (χ0v) is 13.0. The van der Waals surface area contributed by atoms with Gasteiger partial charge >= 0.3 is 0 Å². The Morgan fingerprint density at radius 1 is 1.25 bits per heavy atom. The molecule has 1 aliphatic carbocycles. The summed E-state index contributed by atoms with van der Waals surface area (Å²) in [5, 5.41) is 3.32. The van der Waals surface area contributed by atoms with E-state index in [1.807, 2.05) is 6.92 Å². The van der Waals surface area contributed by atoms with Crippen molar-refractivity contribution in [2.24, 2.45) is 0 Å². The second-order valence-electron chi connectivity index (χ2n) is 5.45. The van der Waals surface area contributed by atoms with Gasteiger partial charge in [0.15, 0.2) is 0 Å². The molecule has 0 heterocycles. The summed E-state index contributed by atoms with van der Waals surface area (Å²) >= 11 is 3.21. The standard InChI is InChI=1S/C17H17BrFN/c1-11-7-15(18)16(19)9-17(11)20-10-12-3-2-4-14(8-12)13-5-6-13/h2-4,7-9,13,20H,5-6,10H2,1H3. The first-order valence-electron chi connectivity index (χ1n) is 6.92. The summed E-state index contributed by atoms with van der Waals surface area (Å²) in [5.74, 6) is 0.534. The average molecular weight is 334 g/mol. The van der Waals surface area contributed by atoms with E-state index in [2.05, 4.69) is 45.5 Å². The highest BCUT2D eigenvalue weighted by atomic mass is 79.9. The summed E-state index contributed by atoms with van der Waals surface area (Å²) in [4.78, 5) is 0. The van der Waals surface area contributed by atoms with Crippen molar-refractivity contribution in [2.75, 3.05) is 5.32 Å². The molecule has 1 nitrogen and oxygen atoms in total. The van der Waals surface area contributed by atoms with E-state index >= 15 is 0 Å². The Hall–Kier alpha value is -1.35. The highest BCUT2D eigenvalue weighted by Crippen LogP contribution is 2.40. The van der Waals surface area contributed by atoms with E-state index in [1.165, 1.54) is 24.0 Å². The first kappa shape index (κ1) is 13.6. The van der Waals surface area contributed by atoms with Crippen LogP contribution in [0.3, 0.4) is 0 Å². The maximum atomic E-state index is 13.6. The first-order chi connectivity index (χ1) is 9.63. The van der Waals surface area contributed by atoms with Gasteiger partial charge in [-0.3, -0.25) is 0 Å². The van der Waals surface area contributed by atoms with E-state index in [9.17, 15) is 4.39 Å². The predicted molar refractivity (Wildman–Crippen MR) is 84.6 cm³/mol. The van der Waals surface area contributed by atoms with Crippen molar-refractivity contribution in [1.82, 2.24) is 0 Å². The number of rotatable bonds is 4. The molecule has 1 fully saturated rings. The molecule has 20 heavy (non-hydrogen) atoms. The van der Waals surface area contributed by atoms with Crippen LogP contribution < -0.4 is 5.32 Å². The molecule has 0 amide bonds. The van der Waals surface area contributed by atoms with Gasteiger partial charge in [0.05, 0.1) is 4.47 Å². The molecule has 0 aromatic heterocycles. The lowest BCUT2D eigenvalue weighted by Crippen LogP contribution is -2.02. The molecular formula is C17H17BrFN. The van der Waals surface area contributed by atoms with E-state index in [4.69, 9.17) is 0 Å². The molecule has 2 aromatic carbocycles. The highest BCUT2D eigenvalue weighted by Gasteiger charge is 2.23. The number of halogens is 2. The molecule has 0 aliphatic heterocycles. The van der Waals surface area contributed by atoms with E-state index < -0.39 is 0 Å². The first-order valence-corrected chi connectivity index (χ1v) is 7.71. The maximum Gasteiger partial charge on any atom is 0.139 e. The lowest BCUT2D eigenvalue weighted by atomic mass is 10.1. The van der Waals surface area contributed by atoms with Crippen molar-refractivity contribution >= 4 is 21.6 Å². The zero-order valence-electron chi connectivity index (χ0n) is 11.4. The minimum atomic E-state index is -0.232. The van der Waals surface area contributed by atoms with Crippen LogP contribution in [-0.2, 0) is 6.54 Å². The smallest absolute Gasteiger partial charge is 0.139 e. The molecule has 0 atom stereocenters. The summed E-state index contributed by atoms with van der Waals surface area (Å²) in [6.45, 7) is 2.70. The van der Waals surface area contributed by atoms with Crippen molar-refractivity contribution in [2.45, 2.75) is 32.2 Å². The van der Waals surface area contributed by atoms with Crippen LogP contribution in [0.4, 0.5) is 10.1 Å². The summed E-state index contributed by atoms with van der Waals surface area (Å²) < 4.78 is 14.1. The fourth-order valence-corrected chi connectivity index (χ4v) is 2.87.